The van der Waals surface area contributed by atoms with Gasteiger partial charge >= 0.3 is 5.97 Å². The fourth-order valence-electron chi connectivity index (χ4n) is 2.40. The molecule has 2 heterocycles. The van der Waals surface area contributed by atoms with E-state index in [4.69, 9.17) is 44.0 Å². The molecule has 6 nitrogen and oxygen atoms in total. The van der Waals surface area contributed by atoms with Gasteiger partial charge in [0.2, 0.25) is 5.76 Å². The number of rotatable bonds is 4. The van der Waals surface area contributed by atoms with Gasteiger partial charge < -0.3 is 14.5 Å². The molecular weight excluding hydrogens is 415 g/mol. The highest BCUT2D eigenvalue weighted by molar-refractivity contribution is 6.36. The van der Waals surface area contributed by atoms with Gasteiger partial charge in [-0.2, -0.15) is 0 Å². The zero-order valence-corrected chi connectivity index (χ0v) is 16.4. The van der Waals surface area contributed by atoms with Crippen LogP contribution in [0.2, 0.25) is 15.1 Å². The van der Waals surface area contributed by atoms with Crippen LogP contribution in [0.3, 0.4) is 0 Å². The molecule has 2 aromatic heterocycles. The van der Waals surface area contributed by atoms with Gasteiger partial charge in [0, 0.05) is 17.1 Å². The van der Waals surface area contributed by atoms with Crippen LogP contribution in [0.15, 0.2) is 34.9 Å². The molecule has 3 rings (SSSR count). The zero-order chi connectivity index (χ0) is 19.7. The average Bonchev–Trinajstić information content (AvgIpc) is 2.96. The summed E-state index contributed by atoms with van der Waals surface area (Å²) in [5, 5.41) is 4.05. The Kier molecular flexibility index (Phi) is 5.60. The van der Waals surface area contributed by atoms with Crippen LogP contribution in [0.25, 0.3) is 11.0 Å². The third-order valence-corrected chi connectivity index (χ3v) is 4.60. The number of furan rings is 1. The fourth-order valence-corrected chi connectivity index (χ4v) is 3.04. The predicted octanol–water partition coefficient (Wildman–Crippen LogP) is 5.28. The fraction of sp³-hybridized carbons (Fsp3) is 0.167. The number of esters is 1. The second kappa shape index (κ2) is 7.76. The molecule has 0 saturated carbocycles. The Morgan fingerprint density at radius 2 is 1.96 bits per heavy atom. The van der Waals surface area contributed by atoms with Crippen molar-refractivity contribution in [3.05, 3.63) is 56.9 Å². The number of nitrogens with one attached hydrogen (secondary N) is 1. The third kappa shape index (κ3) is 4.03. The first-order valence-electron chi connectivity index (χ1n) is 7.78. The zero-order valence-electron chi connectivity index (χ0n) is 14.2. The first kappa shape index (κ1) is 19.5. The lowest BCUT2D eigenvalue weighted by Gasteiger charge is -2.13. The van der Waals surface area contributed by atoms with Crippen LogP contribution in [0.1, 0.15) is 23.0 Å². The molecule has 0 aliphatic carbocycles. The summed E-state index contributed by atoms with van der Waals surface area (Å²) < 4.78 is 10.7. The van der Waals surface area contributed by atoms with Crippen LogP contribution in [0.4, 0.5) is 5.82 Å². The molecule has 0 bridgehead atoms. The quantitative estimate of drug-likeness (QED) is 0.573. The van der Waals surface area contributed by atoms with Crippen molar-refractivity contribution in [2.24, 2.45) is 0 Å². The first-order valence-corrected chi connectivity index (χ1v) is 8.92. The second-order valence-corrected chi connectivity index (χ2v) is 6.94. The number of fused-ring (bicyclic) bond motifs is 1. The largest absolute Gasteiger partial charge is 0.447 e. The molecule has 0 fully saturated rings. The molecule has 1 amide bonds. The lowest BCUT2D eigenvalue weighted by Crippen LogP contribution is -2.30. The van der Waals surface area contributed by atoms with Gasteiger partial charge in [0.15, 0.2) is 17.5 Å². The van der Waals surface area contributed by atoms with Crippen LogP contribution in [0.5, 0.6) is 0 Å². The van der Waals surface area contributed by atoms with E-state index in [1.54, 1.807) is 25.1 Å². The number of aryl methyl sites for hydroxylation is 1. The molecule has 0 aliphatic heterocycles. The molecule has 0 saturated heterocycles. The van der Waals surface area contributed by atoms with Crippen molar-refractivity contribution in [3.63, 3.8) is 0 Å². The van der Waals surface area contributed by atoms with Crippen molar-refractivity contribution in [2.75, 3.05) is 5.32 Å². The summed E-state index contributed by atoms with van der Waals surface area (Å²) in [6.07, 6.45) is 0.218. The maximum Gasteiger partial charge on any atom is 0.375 e. The standard InChI is InChI=1S/C18H13Cl3N2O4/c1-8-11-4-3-5-12(20)15(11)27-14(8)18(25)26-9(2)17(24)23-16-13(21)6-10(19)7-22-16/h3-7,9H,1-2H3,(H,22,23,24). The summed E-state index contributed by atoms with van der Waals surface area (Å²) in [5.74, 6) is -1.29. The van der Waals surface area contributed by atoms with E-state index >= 15 is 0 Å². The SMILES string of the molecule is Cc1c(C(=O)OC(C)C(=O)Nc2ncc(Cl)cc2Cl)oc2c(Cl)cccc12. The highest BCUT2D eigenvalue weighted by Gasteiger charge is 2.25. The number of nitrogens with zero attached hydrogens (tertiary/aromatic N) is 1. The summed E-state index contributed by atoms with van der Waals surface area (Å²) in [7, 11) is 0. The molecule has 9 heteroatoms. The number of benzene rings is 1. The molecule has 0 radical (unpaired) electrons. The van der Waals surface area contributed by atoms with Crippen molar-refractivity contribution in [2.45, 2.75) is 20.0 Å². The lowest BCUT2D eigenvalue weighted by atomic mass is 10.1. The van der Waals surface area contributed by atoms with Gasteiger partial charge in [-0.1, -0.05) is 46.9 Å². The summed E-state index contributed by atoms with van der Waals surface area (Å²) in [6, 6.07) is 6.62. The van der Waals surface area contributed by atoms with Crippen molar-refractivity contribution >= 4 is 63.5 Å². The van der Waals surface area contributed by atoms with Gasteiger partial charge in [0.05, 0.1) is 15.1 Å². The van der Waals surface area contributed by atoms with E-state index in [2.05, 4.69) is 10.3 Å². The Balaban J connectivity index is 1.74. The second-order valence-electron chi connectivity index (χ2n) is 5.69. The molecule has 1 aromatic carbocycles. The molecule has 1 atom stereocenters. The Morgan fingerprint density at radius 3 is 2.63 bits per heavy atom. The van der Waals surface area contributed by atoms with Crippen molar-refractivity contribution in [3.8, 4) is 0 Å². The highest BCUT2D eigenvalue weighted by Crippen LogP contribution is 2.31. The van der Waals surface area contributed by atoms with Gasteiger partial charge in [-0.05, 0) is 26.0 Å². The van der Waals surface area contributed by atoms with E-state index in [-0.39, 0.29) is 16.6 Å². The highest BCUT2D eigenvalue weighted by atomic mass is 35.5. The van der Waals surface area contributed by atoms with E-state index in [9.17, 15) is 9.59 Å². The van der Waals surface area contributed by atoms with E-state index < -0.39 is 18.0 Å². The normalized spacial score (nSPS) is 12.0. The predicted molar refractivity (Wildman–Crippen MR) is 104 cm³/mol. The van der Waals surface area contributed by atoms with Gasteiger partial charge in [-0.15, -0.1) is 0 Å². The number of hydrogen-bond donors (Lipinski definition) is 1. The number of halogens is 3. The molecule has 0 spiro atoms. The molecule has 1 N–H and O–H groups in total. The maximum absolute atomic E-state index is 12.4. The number of carbonyl (C=O) groups is 2. The number of para-hydroxylation sites is 1. The Morgan fingerprint density at radius 1 is 1.22 bits per heavy atom. The first-order chi connectivity index (χ1) is 12.8. The minimum absolute atomic E-state index is 0.0135. The third-order valence-electron chi connectivity index (χ3n) is 3.80. The van der Waals surface area contributed by atoms with Gasteiger partial charge in [0.25, 0.3) is 5.91 Å². The Labute approximate surface area is 169 Å². The number of ether oxygens (including phenoxy) is 1. The van der Waals surface area contributed by atoms with Gasteiger partial charge in [-0.25, -0.2) is 9.78 Å². The molecule has 27 heavy (non-hydrogen) atoms. The van der Waals surface area contributed by atoms with Crippen LogP contribution in [-0.2, 0) is 9.53 Å². The average molecular weight is 428 g/mol. The topological polar surface area (TPSA) is 81.4 Å². The molecule has 0 aliphatic rings. The van der Waals surface area contributed by atoms with E-state index in [0.29, 0.717) is 26.6 Å². The smallest absolute Gasteiger partial charge is 0.375 e. The number of amides is 1. The van der Waals surface area contributed by atoms with Crippen LogP contribution < -0.4 is 5.32 Å². The summed E-state index contributed by atoms with van der Waals surface area (Å²) in [4.78, 5) is 28.6. The van der Waals surface area contributed by atoms with Gasteiger partial charge in [0.1, 0.15) is 0 Å². The Hall–Kier alpha value is -2.28. The lowest BCUT2D eigenvalue weighted by molar-refractivity contribution is -0.123. The molecule has 1 unspecified atom stereocenters. The van der Waals surface area contributed by atoms with Crippen LogP contribution in [0, 0.1) is 6.92 Å². The molecule has 140 valence electrons. The van der Waals surface area contributed by atoms with Crippen molar-refractivity contribution in [1.29, 1.82) is 0 Å². The van der Waals surface area contributed by atoms with Gasteiger partial charge in [-0.3, -0.25) is 4.79 Å². The van der Waals surface area contributed by atoms with Crippen LogP contribution in [-0.4, -0.2) is 23.0 Å². The monoisotopic (exact) mass is 426 g/mol. The van der Waals surface area contributed by atoms with Crippen molar-refractivity contribution < 1.29 is 18.7 Å². The number of aromatic nitrogens is 1. The minimum Gasteiger partial charge on any atom is -0.447 e. The Bertz CT molecular complexity index is 1050. The maximum atomic E-state index is 12.4. The summed E-state index contributed by atoms with van der Waals surface area (Å²) >= 11 is 17.8. The number of anilines is 1. The van der Waals surface area contributed by atoms with Crippen molar-refractivity contribution in [1.82, 2.24) is 4.98 Å². The summed E-state index contributed by atoms with van der Waals surface area (Å²) in [6.45, 7) is 3.13. The summed E-state index contributed by atoms with van der Waals surface area (Å²) in [5.41, 5.74) is 0.963. The minimum atomic E-state index is -1.12. The number of hydrogen-bond acceptors (Lipinski definition) is 5. The van der Waals surface area contributed by atoms with E-state index in [1.807, 2.05) is 0 Å². The van der Waals surface area contributed by atoms with E-state index in [1.165, 1.54) is 19.2 Å². The molecule has 3 aromatic rings. The number of pyridine rings is 1. The van der Waals surface area contributed by atoms with E-state index in [0.717, 1.165) is 0 Å². The molecular formula is C18H13Cl3N2O4. The number of carbonyl (C=O) groups excluding carboxylic acids is 2. The van der Waals surface area contributed by atoms with Crippen LogP contribution >= 0.6 is 34.8 Å².